The van der Waals surface area contributed by atoms with Gasteiger partial charge in [0.2, 0.25) is 0 Å². The van der Waals surface area contributed by atoms with Crippen molar-refractivity contribution in [3.05, 3.63) is 69.7 Å². The average molecular weight is 300 g/mol. The van der Waals surface area contributed by atoms with E-state index in [2.05, 4.69) is 19.1 Å². The lowest BCUT2D eigenvalue weighted by Crippen LogP contribution is -2.03. The molecule has 0 saturated heterocycles. The summed E-state index contributed by atoms with van der Waals surface area (Å²) in [5.74, 6) is 0.170. The summed E-state index contributed by atoms with van der Waals surface area (Å²) in [6, 6.07) is 15.5. The lowest BCUT2D eigenvalue weighted by molar-refractivity contribution is 0.732. The van der Waals surface area contributed by atoms with Crippen molar-refractivity contribution in [2.24, 2.45) is 0 Å². The quantitative estimate of drug-likeness (QED) is 0.603. The molecule has 2 unspecified atom stereocenters. The summed E-state index contributed by atoms with van der Waals surface area (Å²) >= 11 is 18.7. The van der Waals surface area contributed by atoms with Crippen LogP contribution in [0.2, 0.25) is 10.0 Å². The number of hydrogen-bond donors (Lipinski definition) is 0. The first-order valence-electron chi connectivity index (χ1n) is 5.73. The lowest BCUT2D eigenvalue weighted by atomic mass is 9.93. The minimum absolute atomic E-state index is 0.170. The monoisotopic (exact) mass is 298 g/mol. The first-order valence-corrected chi connectivity index (χ1v) is 6.93. The summed E-state index contributed by atoms with van der Waals surface area (Å²) in [6.45, 7) is 2.09. The van der Waals surface area contributed by atoms with Crippen molar-refractivity contribution in [3.63, 3.8) is 0 Å². The van der Waals surface area contributed by atoms with E-state index in [-0.39, 0.29) is 11.3 Å². The third-order valence-electron chi connectivity index (χ3n) is 3.02. The highest BCUT2D eigenvalue weighted by molar-refractivity contribution is 6.34. The van der Waals surface area contributed by atoms with Crippen molar-refractivity contribution in [1.82, 2.24) is 0 Å². The number of halogens is 3. The largest absolute Gasteiger partial charge is 0.117 e. The zero-order chi connectivity index (χ0) is 13.1. The molecule has 2 atom stereocenters. The van der Waals surface area contributed by atoms with Gasteiger partial charge >= 0.3 is 0 Å². The molecule has 2 rings (SSSR count). The van der Waals surface area contributed by atoms with Crippen LogP contribution < -0.4 is 0 Å². The maximum atomic E-state index is 6.53. The fourth-order valence-corrected chi connectivity index (χ4v) is 2.72. The van der Waals surface area contributed by atoms with Gasteiger partial charge in [-0.25, -0.2) is 0 Å². The van der Waals surface area contributed by atoms with Crippen LogP contribution in [0.1, 0.15) is 29.3 Å². The molecule has 0 nitrogen and oxygen atoms in total. The van der Waals surface area contributed by atoms with Crippen LogP contribution in [0, 0.1) is 0 Å². The molecule has 0 amide bonds. The zero-order valence-electron chi connectivity index (χ0n) is 9.91. The van der Waals surface area contributed by atoms with E-state index in [4.69, 9.17) is 34.8 Å². The maximum absolute atomic E-state index is 6.53. The van der Waals surface area contributed by atoms with Gasteiger partial charge in [-0.2, -0.15) is 0 Å². The van der Waals surface area contributed by atoms with Gasteiger partial charge in [0.15, 0.2) is 0 Å². The first-order chi connectivity index (χ1) is 8.59. The Bertz CT molecular complexity index is 523. The highest BCUT2D eigenvalue weighted by atomic mass is 35.5. The number of rotatable bonds is 3. The molecule has 0 radical (unpaired) electrons. The highest BCUT2D eigenvalue weighted by Gasteiger charge is 2.20. The smallest absolute Gasteiger partial charge is 0.0666 e. The van der Waals surface area contributed by atoms with Gasteiger partial charge in [0.1, 0.15) is 0 Å². The van der Waals surface area contributed by atoms with E-state index in [1.54, 1.807) is 12.1 Å². The Morgan fingerprint density at radius 3 is 2.28 bits per heavy atom. The molecule has 2 aromatic carbocycles. The predicted octanol–water partition coefficient (Wildman–Crippen LogP) is 6.08. The lowest BCUT2D eigenvalue weighted by Gasteiger charge is -2.20. The van der Waals surface area contributed by atoms with Gasteiger partial charge in [-0.15, -0.1) is 11.6 Å². The third kappa shape index (κ3) is 3.00. The Morgan fingerprint density at radius 2 is 1.61 bits per heavy atom. The Hall–Kier alpha value is -0.690. The number of benzene rings is 2. The highest BCUT2D eigenvalue weighted by Crippen LogP contribution is 2.39. The van der Waals surface area contributed by atoms with E-state index >= 15 is 0 Å². The number of alkyl halides is 1. The minimum Gasteiger partial charge on any atom is -0.117 e. The normalized spacial score (nSPS) is 14.2. The molecule has 0 bridgehead atoms. The summed E-state index contributed by atoms with van der Waals surface area (Å²) in [6.07, 6.45) is 0. The first kappa shape index (κ1) is 13.7. The molecular weight excluding hydrogens is 287 g/mol. The van der Waals surface area contributed by atoms with Crippen molar-refractivity contribution in [2.45, 2.75) is 18.2 Å². The summed E-state index contributed by atoms with van der Waals surface area (Å²) in [5.41, 5.74) is 2.07. The van der Waals surface area contributed by atoms with E-state index in [1.807, 2.05) is 24.3 Å². The van der Waals surface area contributed by atoms with Crippen LogP contribution in [-0.2, 0) is 0 Å². The SMILES string of the molecule is CC(c1ccccc1)C(Cl)c1cc(Cl)ccc1Cl. The molecule has 0 heterocycles. The topological polar surface area (TPSA) is 0 Å². The summed E-state index contributed by atoms with van der Waals surface area (Å²) in [7, 11) is 0. The molecule has 0 spiro atoms. The standard InChI is InChI=1S/C15H13Cl3/c1-10(11-5-3-2-4-6-11)15(18)13-9-12(16)7-8-14(13)17/h2-10,15H,1H3. The van der Waals surface area contributed by atoms with Gasteiger partial charge < -0.3 is 0 Å². The van der Waals surface area contributed by atoms with E-state index in [0.29, 0.717) is 10.0 Å². The Labute approximate surface area is 122 Å². The van der Waals surface area contributed by atoms with Gasteiger partial charge in [0.25, 0.3) is 0 Å². The molecular formula is C15H13Cl3. The van der Waals surface area contributed by atoms with Gasteiger partial charge in [-0.05, 0) is 29.3 Å². The zero-order valence-corrected chi connectivity index (χ0v) is 12.2. The van der Waals surface area contributed by atoms with Crippen molar-refractivity contribution in [2.75, 3.05) is 0 Å². The van der Waals surface area contributed by atoms with E-state index in [1.165, 1.54) is 5.56 Å². The molecule has 3 heteroatoms. The van der Waals surface area contributed by atoms with E-state index in [0.717, 1.165) is 5.56 Å². The molecule has 0 fully saturated rings. The average Bonchev–Trinajstić information content (AvgIpc) is 2.41. The molecule has 18 heavy (non-hydrogen) atoms. The van der Waals surface area contributed by atoms with Crippen LogP contribution in [0.3, 0.4) is 0 Å². The summed E-state index contributed by atoms with van der Waals surface area (Å²) < 4.78 is 0. The van der Waals surface area contributed by atoms with Crippen LogP contribution in [-0.4, -0.2) is 0 Å². The molecule has 0 aliphatic heterocycles. The van der Waals surface area contributed by atoms with E-state index in [9.17, 15) is 0 Å². The van der Waals surface area contributed by atoms with Crippen LogP contribution in [0.15, 0.2) is 48.5 Å². The van der Waals surface area contributed by atoms with Crippen molar-refractivity contribution >= 4 is 34.8 Å². The van der Waals surface area contributed by atoms with Gasteiger partial charge in [-0.1, -0.05) is 60.5 Å². The van der Waals surface area contributed by atoms with Crippen LogP contribution >= 0.6 is 34.8 Å². The van der Waals surface area contributed by atoms with Crippen LogP contribution in [0.5, 0.6) is 0 Å². The Kier molecular flexibility index (Phi) is 4.55. The molecule has 2 aromatic rings. The second-order valence-corrected chi connectivity index (χ2v) is 5.58. The predicted molar refractivity (Wildman–Crippen MR) is 79.9 cm³/mol. The van der Waals surface area contributed by atoms with E-state index < -0.39 is 0 Å². The van der Waals surface area contributed by atoms with Crippen LogP contribution in [0.25, 0.3) is 0 Å². The number of hydrogen-bond acceptors (Lipinski definition) is 0. The maximum Gasteiger partial charge on any atom is 0.0666 e. The molecule has 0 saturated carbocycles. The summed E-state index contributed by atoms with van der Waals surface area (Å²) in [4.78, 5) is 0. The van der Waals surface area contributed by atoms with Crippen molar-refractivity contribution in [3.8, 4) is 0 Å². The Morgan fingerprint density at radius 1 is 0.944 bits per heavy atom. The summed E-state index contributed by atoms with van der Waals surface area (Å²) in [5, 5.41) is 1.11. The fourth-order valence-electron chi connectivity index (χ4n) is 1.92. The second kappa shape index (κ2) is 5.97. The molecule has 94 valence electrons. The van der Waals surface area contributed by atoms with Gasteiger partial charge in [0, 0.05) is 16.0 Å². The molecule has 0 aliphatic carbocycles. The third-order valence-corrected chi connectivity index (χ3v) is 4.21. The molecule has 0 aliphatic rings. The van der Waals surface area contributed by atoms with Crippen molar-refractivity contribution in [1.29, 1.82) is 0 Å². The van der Waals surface area contributed by atoms with Gasteiger partial charge in [-0.3, -0.25) is 0 Å². The Balaban J connectivity index is 2.31. The minimum atomic E-state index is -0.196. The fraction of sp³-hybridized carbons (Fsp3) is 0.200. The van der Waals surface area contributed by atoms with Gasteiger partial charge in [0.05, 0.1) is 5.38 Å². The second-order valence-electron chi connectivity index (χ2n) is 4.27. The molecule has 0 aromatic heterocycles. The molecule has 0 N–H and O–H groups in total. The van der Waals surface area contributed by atoms with Crippen LogP contribution in [0.4, 0.5) is 0 Å². The van der Waals surface area contributed by atoms with Crippen molar-refractivity contribution < 1.29 is 0 Å².